The SMILES string of the molecule is COc1ccc(-c2cc(-c3ccc(OC)c(OC)c3)n(Cn3nc([N+](=O)[O-])cc3C)n2)cc1OC. The molecule has 182 valence electrons. The van der Waals surface area contributed by atoms with Crippen molar-refractivity contribution in [1.29, 1.82) is 0 Å². The Labute approximate surface area is 201 Å². The van der Waals surface area contributed by atoms with E-state index in [9.17, 15) is 10.1 Å². The predicted octanol–water partition coefficient (Wildman–Crippen LogP) is 4.17. The molecular weight excluding hydrogens is 454 g/mol. The van der Waals surface area contributed by atoms with E-state index in [1.54, 1.807) is 40.0 Å². The average Bonchev–Trinajstić information content (AvgIpc) is 3.47. The molecule has 0 aliphatic carbocycles. The number of benzene rings is 2. The Hall–Kier alpha value is -4.54. The summed E-state index contributed by atoms with van der Waals surface area (Å²) in [7, 11) is 6.29. The molecule has 4 rings (SSSR count). The number of nitrogens with zero attached hydrogens (tertiary/aromatic N) is 5. The molecule has 0 amide bonds. The third kappa shape index (κ3) is 4.60. The van der Waals surface area contributed by atoms with E-state index in [1.165, 1.54) is 10.7 Å². The molecule has 2 aromatic heterocycles. The second-order valence-corrected chi connectivity index (χ2v) is 7.60. The molecule has 0 atom stereocenters. The molecule has 0 spiro atoms. The number of nitro groups is 1. The summed E-state index contributed by atoms with van der Waals surface area (Å²) in [5.41, 5.74) is 3.70. The molecule has 0 radical (unpaired) electrons. The van der Waals surface area contributed by atoms with Gasteiger partial charge in [-0.3, -0.25) is 0 Å². The van der Waals surface area contributed by atoms with Crippen molar-refractivity contribution in [3.8, 4) is 45.5 Å². The van der Waals surface area contributed by atoms with Crippen LogP contribution >= 0.6 is 0 Å². The normalized spacial score (nSPS) is 10.8. The zero-order valence-corrected chi connectivity index (χ0v) is 20.0. The molecule has 0 bridgehead atoms. The summed E-state index contributed by atoms with van der Waals surface area (Å²) in [4.78, 5) is 10.7. The highest BCUT2D eigenvalue weighted by atomic mass is 16.6. The average molecular weight is 479 g/mol. The first-order chi connectivity index (χ1) is 16.9. The van der Waals surface area contributed by atoms with Crippen LogP contribution in [0.15, 0.2) is 48.5 Å². The minimum atomic E-state index is -0.517. The molecule has 4 aromatic rings. The van der Waals surface area contributed by atoms with Gasteiger partial charge in [0, 0.05) is 11.1 Å². The van der Waals surface area contributed by atoms with Crippen molar-refractivity contribution < 1.29 is 23.9 Å². The van der Waals surface area contributed by atoms with Crippen LogP contribution < -0.4 is 18.9 Å². The van der Waals surface area contributed by atoms with Gasteiger partial charge in [0.1, 0.15) is 0 Å². The van der Waals surface area contributed by atoms with Gasteiger partial charge in [0.05, 0.1) is 56.7 Å². The third-order valence-corrected chi connectivity index (χ3v) is 5.56. The first-order valence-corrected chi connectivity index (χ1v) is 10.6. The summed E-state index contributed by atoms with van der Waals surface area (Å²) < 4.78 is 24.9. The molecule has 0 N–H and O–H groups in total. The highest BCUT2D eigenvalue weighted by Gasteiger charge is 2.20. The predicted molar refractivity (Wildman–Crippen MR) is 128 cm³/mol. The van der Waals surface area contributed by atoms with Crippen molar-refractivity contribution in [3.63, 3.8) is 0 Å². The number of methoxy groups -OCH3 is 4. The summed E-state index contributed by atoms with van der Waals surface area (Å²) in [6.45, 7) is 1.92. The standard InChI is InChI=1S/C24H25N5O6/c1-15-10-24(29(30)31)26-27(15)14-28-19(17-7-9-21(33-3)23(12-17)35-5)13-18(25-28)16-6-8-20(32-2)22(11-16)34-4/h6-13H,14H2,1-5H3. The van der Waals surface area contributed by atoms with Gasteiger partial charge in [-0.05, 0) is 54.3 Å². The van der Waals surface area contributed by atoms with Crippen molar-refractivity contribution in [2.45, 2.75) is 13.6 Å². The Morgan fingerprint density at radius 3 is 1.89 bits per heavy atom. The lowest BCUT2D eigenvalue weighted by Crippen LogP contribution is -2.13. The molecule has 11 nitrogen and oxygen atoms in total. The van der Waals surface area contributed by atoms with Crippen LogP contribution in [0.25, 0.3) is 22.5 Å². The van der Waals surface area contributed by atoms with E-state index in [0.29, 0.717) is 34.4 Å². The molecule has 0 saturated carbocycles. The maximum Gasteiger partial charge on any atom is 0.390 e. The van der Waals surface area contributed by atoms with Crippen LogP contribution in [0.1, 0.15) is 5.69 Å². The lowest BCUT2D eigenvalue weighted by atomic mass is 10.1. The molecule has 0 fully saturated rings. The van der Waals surface area contributed by atoms with Crippen LogP contribution in [0.5, 0.6) is 23.0 Å². The first-order valence-electron chi connectivity index (χ1n) is 10.6. The second kappa shape index (κ2) is 9.75. The van der Waals surface area contributed by atoms with E-state index in [0.717, 1.165) is 16.8 Å². The van der Waals surface area contributed by atoms with Crippen molar-refractivity contribution in [3.05, 3.63) is 64.3 Å². The summed E-state index contributed by atoms with van der Waals surface area (Å²) in [6.07, 6.45) is 0. The van der Waals surface area contributed by atoms with Crippen LogP contribution in [0.2, 0.25) is 0 Å². The van der Waals surface area contributed by atoms with Gasteiger partial charge in [0.25, 0.3) is 0 Å². The van der Waals surface area contributed by atoms with Crippen LogP contribution in [0, 0.1) is 17.0 Å². The lowest BCUT2D eigenvalue weighted by Gasteiger charge is -2.11. The smallest absolute Gasteiger partial charge is 0.390 e. The largest absolute Gasteiger partial charge is 0.493 e. The van der Waals surface area contributed by atoms with Gasteiger partial charge >= 0.3 is 5.82 Å². The monoisotopic (exact) mass is 479 g/mol. The fraction of sp³-hybridized carbons (Fsp3) is 0.250. The fourth-order valence-electron chi connectivity index (χ4n) is 3.74. The van der Waals surface area contributed by atoms with E-state index in [-0.39, 0.29) is 12.5 Å². The number of ether oxygens (including phenoxy) is 4. The third-order valence-electron chi connectivity index (χ3n) is 5.56. The summed E-state index contributed by atoms with van der Waals surface area (Å²) in [6, 6.07) is 14.4. The maximum absolute atomic E-state index is 11.2. The quantitative estimate of drug-likeness (QED) is 0.259. The van der Waals surface area contributed by atoms with Crippen LogP contribution in [0.4, 0.5) is 5.82 Å². The van der Waals surface area contributed by atoms with E-state index in [1.807, 2.05) is 42.5 Å². The van der Waals surface area contributed by atoms with E-state index >= 15 is 0 Å². The van der Waals surface area contributed by atoms with Crippen LogP contribution in [-0.2, 0) is 6.67 Å². The van der Waals surface area contributed by atoms with Gasteiger partial charge in [0.2, 0.25) is 0 Å². The van der Waals surface area contributed by atoms with E-state index in [4.69, 9.17) is 24.0 Å². The zero-order chi connectivity index (χ0) is 25.1. The highest BCUT2D eigenvalue weighted by Crippen LogP contribution is 2.36. The van der Waals surface area contributed by atoms with Gasteiger partial charge in [-0.1, -0.05) is 0 Å². The second-order valence-electron chi connectivity index (χ2n) is 7.60. The Bertz CT molecular complexity index is 1380. The van der Waals surface area contributed by atoms with Crippen molar-refractivity contribution >= 4 is 5.82 Å². The molecule has 2 heterocycles. The van der Waals surface area contributed by atoms with Gasteiger partial charge in [-0.2, -0.15) is 9.78 Å². The van der Waals surface area contributed by atoms with Gasteiger partial charge in [-0.15, -0.1) is 0 Å². The molecule has 0 aliphatic heterocycles. The number of hydrogen-bond donors (Lipinski definition) is 0. The number of hydrogen-bond acceptors (Lipinski definition) is 8. The van der Waals surface area contributed by atoms with Crippen LogP contribution in [-0.4, -0.2) is 52.9 Å². The summed E-state index contributed by atoms with van der Waals surface area (Å²) in [5.74, 6) is 2.13. The summed E-state index contributed by atoms with van der Waals surface area (Å²) in [5, 5.41) is 20.1. The minimum Gasteiger partial charge on any atom is -0.493 e. The number of aryl methyl sites for hydroxylation is 1. The van der Waals surface area contributed by atoms with Crippen molar-refractivity contribution in [1.82, 2.24) is 19.6 Å². The molecule has 0 unspecified atom stereocenters. The fourth-order valence-corrected chi connectivity index (χ4v) is 3.74. The highest BCUT2D eigenvalue weighted by molar-refractivity contribution is 5.72. The minimum absolute atomic E-state index is 0.163. The molecule has 2 aromatic carbocycles. The van der Waals surface area contributed by atoms with E-state index in [2.05, 4.69) is 5.10 Å². The Morgan fingerprint density at radius 1 is 0.771 bits per heavy atom. The zero-order valence-electron chi connectivity index (χ0n) is 20.0. The van der Waals surface area contributed by atoms with Crippen molar-refractivity contribution in [2.24, 2.45) is 0 Å². The maximum atomic E-state index is 11.2. The molecule has 11 heteroatoms. The molecule has 0 aliphatic rings. The molecule has 35 heavy (non-hydrogen) atoms. The van der Waals surface area contributed by atoms with Crippen molar-refractivity contribution in [2.75, 3.05) is 28.4 Å². The van der Waals surface area contributed by atoms with Crippen LogP contribution in [0.3, 0.4) is 0 Å². The van der Waals surface area contributed by atoms with Gasteiger partial charge < -0.3 is 29.1 Å². The molecule has 0 saturated heterocycles. The number of aromatic nitrogens is 4. The summed E-state index contributed by atoms with van der Waals surface area (Å²) >= 11 is 0. The van der Waals surface area contributed by atoms with E-state index < -0.39 is 4.92 Å². The first kappa shape index (κ1) is 23.6. The Balaban J connectivity index is 1.84. The Morgan fingerprint density at radius 2 is 1.34 bits per heavy atom. The Kier molecular flexibility index (Phi) is 6.58. The van der Waals surface area contributed by atoms with Gasteiger partial charge in [0.15, 0.2) is 29.7 Å². The van der Waals surface area contributed by atoms with Gasteiger partial charge in [-0.25, -0.2) is 4.68 Å². The lowest BCUT2D eigenvalue weighted by molar-refractivity contribution is -0.389. The molecular formula is C24H25N5O6. The topological polar surface area (TPSA) is 116 Å². The number of rotatable bonds is 9.